The lowest BCUT2D eigenvalue weighted by atomic mass is 10.3. The molecule has 15 heavy (non-hydrogen) atoms. The molecule has 0 aromatic carbocycles. The highest BCUT2D eigenvalue weighted by atomic mass is 32.2. The van der Waals surface area contributed by atoms with Crippen LogP contribution < -0.4 is 4.72 Å². The first kappa shape index (κ1) is 12.1. The Hall–Kier alpha value is -1.01. The topological polar surface area (TPSA) is 59.1 Å². The van der Waals surface area contributed by atoms with Gasteiger partial charge in [0.2, 0.25) is 10.0 Å². The molecule has 84 valence electrons. The number of aromatic nitrogens is 1. The molecule has 0 fully saturated rings. The van der Waals surface area contributed by atoms with Crippen LogP contribution in [0.15, 0.2) is 23.4 Å². The van der Waals surface area contributed by atoms with Crippen LogP contribution in [0.25, 0.3) is 0 Å². The van der Waals surface area contributed by atoms with Crippen molar-refractivity contribution in [1.82, 2.24) is 9.71 Å². The number of nitrogens with one attached hydrogen (secondary N) is 1. The zero-order valence-corrected chi connectivity index (χ0v) is 9.38. The second kappa shape index (κ2) is 4.67. The van der Waals surface area contributed by atoms with Gasteiger partial charge in [-0.2, -0.15) is 0 Å². The molecule has 0 aliphatic rings. The molecule has 0 saturated heterocycles. The summed E-state index contributed by atoms with van der Waals surface area (Å²) >= 11 is 0. The summed E-state index contributed by atoms with van der Waals surface area (Å²) in [6.07, 6.45) is 2.75. The highest BCUT2D eigenvalue weighted by molar-refractivity contribution is 7.89. The minimum Gasteiger partial charge on any atom is -0.260 e. The zero-order chi connectivity index (χ0) is 11.5. The van der Waals surface area contributed by atoms with Crippen LogP contribution in [0, 0.1) is 5.82 Å². The van der Waals surface area contributed by atoms with Crippen LogP contribution in [0.5, 0.6) is 0 Å². The normalized spacial score (nSPS) is 13.8. The van der Waals surface area contributed by atoms with Crippen LogP contribution in [0.3, 0.4) is 0 Å². The summed E-state index contributed by atoms with van der Waals surface area (Å²) in [7, 11) is -3.65. The van der Waals surface area contributed by atoms with Crippen molar-refractivity contribution in [3.05, 3.63) is 24.3 Å². The van der Waals surface area contributed by atoms with Crippen molar-refractivity contribution in [3.63, 3.8) is 0 Å². The van der Waals surface area contributed by atoms with Gasteiger partial charge in [-0.25, -0.2) is 17.5 Å². The zero-order valence-electron chi connectivity index (χ0n) is 8.57. The third kappa shape index (κ3) is 3.24. The van der Waals surface area contributed by atoms with Gasteiger partial charge in [0.1, 0.15) is 10.7 Å². The largest absolute Gasteiger partial charge is 0.260 e. The lowest BCUT2D eigenvalue weighted by Gasteiger charge is -2.11. The molecular weight excluding hydrogens is 219 g/mol. The highest BCUT2D eigenvalue weighted by Gasteiger charge is 2.17. The molecule has 1 unspecified atom stereocenters. The van der Waals surface area contributed by atoms with Crippen molar-refractivity contribution >= 4 is 10.0 Å². The quantitative estimate of drug-likeness (QED) is 0.851. The van der Waals surface area contributed by atoms with Gasteiger partial charge < -0.3 is 0 Å². The molecule has 6 heteroatoms. The Bertz CT molecular complexity index is 433. The van der Waals surface area contributed by atoms with Gasteiger partial charge in [-0.05, 0) is 19.4 Å². The van der Waals surface area contributed by atoms with E-state index in [1.54, 1.807) is 6.92 Å². The summed E-state index contributed by atoms with van der Waals surface area (Å²) in [5.74, 6) is -0.665. The third-order valence-electron chi connectivity index (χ3n) is 1.96. The fourth-order valence-corrected chi connectivity index (χ4v) is 2.26. The van der Waals surface area contributed by atoms with E-state index >= 15 is 0 Å². The molecule has 0 spiro atoms. The number of sulfonamides is 1. The van der Waals surface area contributed by atoms with Gasteiger partial charge in [-0.3, -0.25) is 4.98 Å². The molecule has 0 aliphatic heterocycles. The summed E-state index contributed by atoms with van der Waals surface area (Å²) in [6.45, 7) is 3.60. The Morgan fingerprint density at radius 3 is 2.73 bits per heavy atom. The lowest BCUT2D eigenvalue weighted by molar-refractivity contribution is 0.552. The van der Waals surface area contributed by atoms with Crippen LogP contribution >= 0.6 is 0 Å². The summed E-state index contributed by atoms with van der Waals surface area (Å²) in [4.78, 5) is 3.34. The monoisotopic (exact) mass is 232 g/mol. The van der Waals surface area contributed by atoms with Crippen LogP contribution in [-0.2, 0) is 10.0 Å². The Kier molecular flexibility index (Phi) is 3.76. The van der Waals surface area contributed by atoms with E-state index in [2.05, 4.69) is 9.71 Å². The fraction of sp³-hybridized carbons (Fsp3) is 0.444. The lowest BCUT2D eigenvalue weighted by Crippen LogP contribution is -2.32. The second-order valence-corrected chi connectivity index (χ2v) is 4.98. The summed E-state index contributed by atoms with van der Waals surface area (Å²) in [5, 5.41) is 0. The van der Waals surface area contributed by atoms with E-state index in [0.29, 0.717) is 6.42 Å². The van der Waals surface area contributed by atoms with Crippen molar-refractivity contribution < 1.29 is 12.8 Å². The van der Waals surface area contributed by atoms with E-state index in [1.807, 2.05) is 6.92 Å². The van der Waals surface area contributed by atoms with Gasteiger partial charge in [-0.1, -0.05) is 6.92 Å². The number of nitrogens with zero attached hydrogens (tertiary/aromatic N) is 1. The van der Waals surface area contributed by atoms with E-state index in [9.17, 15) is 12.8 Å². The van der Waals surface area contributed by atoms with E-state index in [4.69, 9.17) is 0 Å². The summed E-state index contributed by atoms with van der Waals surface area (Å²) in [6, 6.07) is 0.760. The molecule has 0 bridgehead atoms. The van der Waals surface area contributed by atoms with Gasteiger partial charge in [0.25, 0.3) is 0 Å². The number of pyridine rings is 1. The summed E-state index contributed by atoms with van der Waals surface area (Å²) < 4.78 is 38.4. The van der Waals surface area contributed by atoms with Crippen molar-refractivity contribution in [2.24, 2.45) is 0 Å². The third-order valence-corrected chi connectivity index (χ3v) is 3.52. The molecule has 4 nitrogen and oxygen atoms in total. The first-order valence-electron chi connectivity index (χ1n) is 4.58. The molecule has 0 saturated carbocycles. The maximum atomic E-state index is 12.8. The average molecular weight is 232 g/mol. The van der Waals surface area contributed by atoms with Gasteiger partial charge in [0.15, 0.2) is 0 Å². The maximum Gasteiger partial charge on any atom is 0.242 e. The Labute approximate surface area is 88.6 Å². The molecular formula is C9H13FN2O2S. The molecule has 1 heterocycles. The molecule has 1 N–H and O–H groups in total. The highest BCUT2D eigenvalue weighted by Crippen LogP contribution is 2.09. The Balaban J connectivity index is 2.96. The number of rotatable bonds is 4. The first-order valence-corrected chi connectivity index (χ1v) is 6.07. The summed E-state index contributed by atoms with van der Waals surface area (Å²) in [5.41, 5.74) is 0. The second-order valence-electron chi connectivity index (χ2n) is 3.27. The number of halogens is 1. The van der Waals surface area contributed by atoms with Crippen LogP contribution in [0.2, 0.25) is 0 Å². The SMILES string of the molecule is CCC(C)NS(=O)(=O)c1cncc(F)c1. The van der Waals surface area contributed by atoms with Crippen LogP contribution in [0.4, 0.5) is 4.39 Å². The van der Waals surface area contributed by atoms with Gasteiger partial charge in [0.05, 0.1) is 6.20 Å². The van der Waals surface area contributed by atoms with E-state index in [-0.39, 0.29) is 10.9 Å². The molecule has 1 atom stereocenters. The Morgan fingerprint density at radius 2 is 2.20 bits per heavy atom. The van der Waals surface area contributed by atoms with Crippen molar-refractivity contribution in [1.29, 1.82) is 0 Å². The van der Waals surface area contributed by atoms with Crippen LogP contribution in [-0.4, -0.2) is 19.4 Å². The molecule has 0 aliphatic carbocycles. The van der Waals surface area contributed by atoms with Crippen molar-refractivity contribution in [2.75, 3.05) is 0 Å². The smallest absolute Gasteiger partial charge is 0.242 e. The van der Waals surface area contributed by atoms with E-state index < -0.39 is 15.8 Å². The predicted molar refractivity (Wildman–Crippen MR) is 54.3 cm³/mol. The minimum atomic E-state index is -3.65. The first-order chi connectivity index (χ1) is 6.95. The molecule has 1 aromatic heterocycles. The fourth-order valence-electron chi connectivity index (χ4n) is 0.956. The maximum absolute atomic E-state index is 12.8. The minimum absolute atomic E-state index is 0.150. The van der Waals surface area contributed by atoms with Crippen molar-refractivity contribution in [3.8, 4) is 0 Å². The van der Waals surface area contributed by atoms with Crippen molar-refractivity contribution in [2.45, 2.75) is 31.2 Å². The molecule has 1 aromatic rings. The Morgan fingerprint density at radius 1 is 1.53 bits per heavy atom. The predicted octanol–water partition coefficient (Wildman–Crippen LogP) is 1.30. The van der Waals surface area contributed by atoms with E-state index in [1.165, 1.54) is 0 Å². The van der Waals surface area contributed by atoms with Gasteiger partial charge in [0, 0.05) is 12.2 Å². The molecule has 1 rings (SSSR count). The average Bonchev–Trinajstić information content (AvgIpc) is 2.17. The van der Waals surface area contributed by atoms with Crippen LogP contribution in [0.1, 0.15) is 20.3 Å². The molecule has 0 radical (unpaired) electrons. The van der Waals surface area contributed by atoms with E-state index in [0.717, 1.165) is 18.5 Å². The van der Waals surface area contributed by atoms with Gasteiger partial charge in [-0.15, -0.1) is 0 Å². The molecule has 0 amide bonds. The van der Waals surface area contributed by atoms with Gasteiger partial charge >= 0.3 is 0 Å². The number of hydrogen-bond acceptors (Lipinski definition) is 3. The number of hydrogen-bond donors (Lipinski definition) is 1. The standard InChI is InChI=1S/C9H13FN2O2S/c1-3-7(2)12-15(13,14)9-4-8(10)5-11-6-9/h4-7,12H,3H2,1-2H3.